The van der Waals surface area contributed by atoms with Gasteiger partial charge in [-0.2, -0.15) is 0 Å². The first-order chi connectivity index (χ1) is 15.5. The number of benzene rings is 2. The van der Waals surface area contributed by atoms with Crippen LogP contribution in [0.4, 0.5) is 0 Å². The van der Waals surface area contributed by atoms with Crippen LogP contribution in [0, 0.1) is 6.92 Å². The van der Waals surface area contributed by atoms with Gasteiger partial charge in [0.1, 0.15) is 17.7 Å². The summed E-state index contributed by atoms with van der Waals surface area (Å²) in [4.78, 5) is 11.5. The van der Waals surface area contributed by atoms with Crippen LogP contribution in [0.5, 0.6) is 5.75 Å². The zero-order valence-electron chi connectivity index (χ0n) is 19.6. The van der Waals surface area contributed by atoms with Gasteiger partial charge in [-0.15, -0.1) is 0 Å². The van der Waals surface area contributed by atoms with Crippen molar-refractivity contribution >= 4 is 5.96 Å². The van der Waals surface area contributed by atoms with E-state index in [1.165, 1.54) is 11.1 Å². The number of aromatic nitrogens is 1. The van der Waals surface area contributed by atoms with Crippen LogP contribution >= 0.6 is 0 Å². The van der Waals surface area contributed by atoms with E-state index in [1.54, 1.807) is 13.4 Å². The standard InChI is InChI=1S/C25H33N5O2/c1-6-26-25(28-16-23(30(3)4)19-11-13-22(31-5)14-12-19)27-15-21-17-32-24(29-21)20-9-7-18(2)8-10-20/h7-14,17,23H,6,15-16H2,1-5H3,(H2,26,27,28). The molecule has 0 aliphatic carbocycles. The van der Waals surface area contributed by atoms with Gasteiger partial charge in [0.25, 0.3) is 0 Å². The molecule has 1 unspecified atom stereocenters. The van der Waals surface area contributed by atoms with Crippen molar-refractivity contribution < 1.29 is 9.15 Å². The van der Waals surface area contributed by atoms with E-state index in [1.807, 2.05) is 24.3 Å². The third-order valence-electron chi connectivity index (χ3n) is 5.18. The number of nitrogens with zero attached hydrogens (tertiary/aromatic N) is 3. The van der Waals surface area contributed by atoms with Crippen molar-refractivity contribution in [3.63, 3.8) is 0 Å². The second-order valence-corrected chi connectivity index (χ2v) is 7.84. The van der Waals surface area contributed by atoms with Crippen LogP contribution in [-0.4, -0.2) is 50.1 Å². The number of hydrogen-bond acceptors (Lipinski definition) is 5. The van der Waals surface area contributed by atoms with Gasteiger partial charge in [-0.25, -0.2) is 9.98 Å². The molecule has 0 amide bonds. The molecule has 2 N–H and O–H groups in total. The van der Waals surface area contributed by atoms with Crippen molar-refractivity contribution in [2.24, 2.45) is 4.99 Å². The summed E-state index contributed by atoms with van der Waals surface area (Å²) in [6, 6.07) is 16.5. The SMILES string of the molecule is CCNC(=NCc1coc(-c2ccc(C)cc2)n1)NCC(c1ccc(OC)cc1)N(C)C. The number of oxazole rings is 1. The molecular weight excluding hydrogens is 402 g/mol. The minimum absolute atomic E-state index is 0.185. The Morgan fingerprint density at radius 3 is 2.44 bits per heavy atom. The summed E-state index contributed by atoms with van der Waals surface area (Å²) in [5.74, 6) is 2.21. The molecule has 1 atom stereocenters. The third-order valence-corrected chi connectivity index (χ3v) is 5.18. The van der Waals surface area contributed by atoms with Crippen LogP contribution in [0.2, 0.25) is 0 Å². The number of likely N-dealkylation sites (N-methyl/N-ethyl adjacent to an activating group) is 1. The van der Waals surface area contributed by atoms with E-state index >= 15 is 0 Å². The highest BCUT2D eigenvalue weighted by atomic mass is 16.5. The van der Waals surface area contributed by atoms with Crippen LogP contribution in [0.15, 0.2) is 64.2 Å². The van der Waals surface area contributed by atoms with Gasteiger partial charge in [0.05, 0.1) is 19.7 Å². The third kappa shape index (κ3) is 6.34. The van der Waals surface area contributed by atoms with E-state index < -0.39 is 0 Å². The first-order valence-corrected chi connectivity index (χ1v) is 10.8. The van der Waals surface area contributed by atoms with Crippen LogP contribution in [0.3, 0.4) is 0 Å². The molecule has 2 aromatic carbocycles. The molecule has 0 bridgehead atoms. The van der Waals surface area contributed by atoms with Crippen molar-refractivity contribution in [2.75, 3.05) is 34.3 Å². The molecule has 0 aliphatic heterocycles. The van der Waals surface area contributed by atoms with Gasteiger partial charge in [0.15, 0.2) is 5.96 Å². The Hall–Kier alpha value is -3.32. The van der Waals surface area contributed by atoms with Gasteiger partial charge < -0.3 is 24.7 Å². The van der Waals surface area contributed by atoms with Gasteiger partial charge in [0.2, 0.25) is 5.89 Å². The van der Waals surface area contributed by atoms with Crippen LogP contribution in [0.1, 0.15) is 29.8 Å². The Labute approximate surface area is 190 Å². The number of methoxy groups -OCH3 is 1. The number of aryl methyl sites for hydroxylation is 1. The molecule has 3 rings (SSSR count). The molecule has 3 aromatic rings. The van der Waals surface area contributed by atoms with Crippen molar-refractivity contribution in [2.45, 2.75) is 26.4 Å². The Kier molecular flexibility index (Phi) is 8.27. The number of aliphatic imine (C=N–C) groups is 1. The molecule has 0 saturated carbocycles. The summed E-state index contributed by atoms with van der Waals surface area (Å²) in [6.07, 6.45) is 1.67. The molecular formula is C25H33N5O2. The molecule has 0 saturated heterocycles. The maximum atomic E-state index is 5.65. The topological polar surface area (TPSA) is 74.9 Å². The van der Waals surface area contributed by atoms with Crippen molar-refractivity contribution in [1.29, 1.82) is 0 Å². The average Bonchev–Trinajstić information content (AvgIpc) is 3.27. The Morgan fingerprint density at radius 1 is 1.09 bits per heavy atom. The maximum absolute atomic E-state index is 5.65. The highest BCUT2D eigenvalue weighted by Crippen LogP contribution is 2.21. The van der Waals surface area contributed by atoms with Crippen LogP contribution in [-0.2, 0) is 6.54 Å². The summed E-state index contributed by atoms with van der Waals surface area (Å²) in [5.41, 5.74) is 4.16. The molecule has 7 heteroatoms. The van der Waals surface area contributed by atoms with E-state index in [0.29, 0.717) is 19.0 Å². The summed E-state index contributed by atoms with van der Waals surface area (Å²) in [6.45, 7) is 6.02. The van der Waals surface area contributed by atoms with Crippen molar-refractivity contribution in [3.05, 3.63) is 71.6 Å². The number of nitrogens with one attached hydrogen (secondary N) is 2. The van der Waals surface area contributed by atoms with Gasteiger partial charge in [-0.3, -0.25) is 0 Å². The van der Waals surface area contributed by atoms with Gasteiger partial charge in [-0.1, -0.05) is 29.8 Å². The lowest BCUT2D eigenvalue weighted by molar-refractivity contribution is 0.298. The van der Waals surface area contributed by atoms with E-state index in [4.69, 9.17) is 14.1 Å². The number of hydrogen-bond donors (Lipinski definition) is 2. The molecule has 1 aromatic heterocycles. The quantitative estimate of drug-likeness (QED) is 0.391. The lowest BCUT2D eigenvalue weighted by Crippen LogP contribution is -2.41. The lowest BCUT2D eigenvalue weighted by Gasteiger charge is -2.26. The normalized spacial score (nSPS) is 12.6. The Balaban J connectivity index is 1.65. The molecule has 32 heavy (non-hydrogen) atoms. The fourth-order valence-corrected chi connectivity index (χ4v) is 3.33. The summed E-state index contributed by atoms with van der Waals surface area (Å²) in [5, 5.41) is 6.76. The summed E-state index contributed by atoms with van der Waals surface area (Å²) in [7, 11) is 5.82. The lowest BCUT2D eigenvalue weighted by atomic mass is 10.1. The average molecular weight is 436 g/mol. The van der Waals surface area contributed by atoms with E-state index in [2.05, 4.69) is 72.7 Å². The summed E-state index contributed by atoms with van der Waals surface area (Å²) < 4.78 is 10.9. The Bertz CT molecular complexity index is 994. The molecule has 7 nitrogen and oxygen atoms in total. The second-order valence-electron chi connectivity index (χ2n) is 7.84. The monoisotopic (exact) mass is 435 g/mol. The molecule has 1 heterocycles. The highest BCUT2D eigenvalue weighted by molar-refractivity contribution is 5.79. The predicted octanol–water partition coefficient (Wildman–Crippen LogP) is 4.02. The fourth-order valence-electron chi connectivity index (χ4n) is 3.33. The predicted molar refractivity (Wildman–Crippen MR) is 129 cm³/mol. The molecule has 0 radical (unpaired) electrons. The molecule has 170 valence electrons. The molecule has 0 fully saturated rings. The maximum Gasteiger partial charge on any atom is 0.226 e. The molecule has 0 spiro atoms. The fraction of sp³-hybridized carbons (Fsp3) is 0.360. The van der Waals surface area contributed by atoms with Gasteiger partial charge in [-0.05, 0) is 57.8 Å². The van der Waals surface area contributed by atoms with E-state index in [9.17, 15) is 0 Å². The van der Waals surface area contributed by atoms with Crippen molar-refractivity contribution in [1.82, 2.24) is 20.5 Å². The van der Waals surface area contributed by atoms with E-state index in [0.717, 1.165) is 29.5 Å². The van der Waals surface area contributed by atoms with Crippen LogP contribution < -0.4 is 15.4 Å². The first kappa shape index (κ1) is 23.3. The van der Waals surface area contributed by atoms with Gasteiger partial charge in [0, 0.05) is 18.7 Å². The minimum Gasteiger partial charge on any atom is -0.497 e. The van der Waals surface area contributed by atoms with Crippen LogP contribution in [0.25, 0.3) is 11.5 Å². The summed E-state index contributed by atoms with van der Waals surface area (Å²) >= 11 is 0. The smallest absolute Gasteiger partial charge is 0.226 e. The minimum atomic E-state index is 0.185. The number of ether oxygens (including phenoxy) is 1. The number of guanidine groups is 1. The second kappa shape index (κ2) is 11.3. The van der Waals surface area contributed by atoms with Gasteiger partial charge >= 0.3 is 0 Å². The first-order valence-electron chi connectivity index (χ1n) is 10.8. The van der Waals surface area contributed by atoms with E-state index in [-0.39, 0.29) is 6.04 Å². The molecule has 0 aliphatic rings. The zero-order valence-corrected chi connectivity index (χ0v) is 19.6. The van der Waals surface area contributed by atoms with Crippen molar-refractivity contribution in [3.8, 4) is 17.2 Å². The zero-order chi connectivity index (χ0) is 22.9. The highest BCUT2D eigenvalue weighted by Gasteiger charge is 2.15. The Morgan fingerprint density at radius 2 is 1.81 bits per heavy atom. The number of rotatable bonds is 9. The largest absolute Gasteiger partial charge is 0.497 e.